The predicted molar refractivity (Wildman–Crippen MR) is 167 cm³/mol. The van der Waals surface area contributed by atoms with Gasteiger partial charge in [-0.15, -0.1) is 0 Å². The number of para-hydroxylation sites is 1. The molecule has 0 unspecified atom stereocenters. The summed E-state index contributed by atoms with van der Waals surface area (Å²) < 4.78 is 146. The van der Waals surface area contributed by atoms with Gasteiger partial charge in [0.2, 0.25) is 0 Å². The molecule has 0 spiro atoms. The molecule has 40 heavy (non-hydrogen) atoms. The maximum absolute atomic E-state index is 9.41. The van der Waals surface area contributed by atoms with E-state index in [2.05, 4.69) is 0 Å². The molecule has 0 aliphatic rings. The summed E-state index contributed by atoms with van der Waals surface area (Å²) in [5, 5.41) is -0.461. The summed E-state index contributed by atoms with van der Waals surface area (Å²) in [7, 11) is 0. The van der Waals surface area contributed by atoms with Gasteiger partial charge in [-0.25, -0.2) is 0 Å². The van der Waals surface area contributed by atoms with Gasteiger partial charge in [0.25, 0.3) is 0 Å². The van der Waals surface area contributed by atoms with E-state index < -0.39 is 107 Å². The van der Waals surface area contributed by atoms with Crippen LogP contribution >= 0.6 is 0 Å². The molecule has 7 aromatic carbocycles. The van der Waals surface area contributed by atoms with Crippen molar-refractivity contribution in [2.45, 2.75) is 0 Å². The molecule has 0 aliphatic heterocycles. The fourth-order valence-corrected chi connectivity index (χ4v) is 5.66. The maximum Gasteiger partial charge on any atom is 0.179 e. The third-order valence-electron chi connectivity index (χ3n) is 7.27. The fourth-order valence-electron chi connectivity index (χ4n) is 5.66. The third-order valence-corrected chi connectivity index (χ3v) is 7.27. The molecule has 0 aliphatic carbocycles. The van der Waals surface area contributed by atoms with Crippen LogP contribution in [0, 0.1) is 0 Å². The van der Waals surface area contributed by atoms with Gasteiger partial charge < -0.3 is 8.83 Å². The van der Waals surface area contributed by atoms with Crippen molar-refractivity contribution in [1.29, 1.82) is 0 Å². The van der Waals surface area contributed by atoms with Gasteiger partial charge in [-0.2, -0.15) is 0 Å². The summed E-state index contributed by atoms with van der Waals surface area (Å²) in [5.41, 5.74) is 0.490. The largest absolute Gasteiger partial charge is 0.460 e. The number of hydrogen-bond acceptors (Lipinski definition) is 2. The average Bonchev–Trinajstić information content (AvgIpc) is 3.82. The molecule has 0 radical (unpaired) electrons. The van der Waals surface area contributed by atoms with E-state index >= 15 is 0 Å². The van der Waals surface area contributed by atoms with E-state index in [9.17, 15) is 6.85 Å². The molecule has 0 N–H and O–H groups in total. The molecule has 2 heteroatoms. The van der Waals surface area contributed by atoms with Crippen LogP contribution in [0.4, 0.5) is 0 Å². The van der Waals surface area contributed by atoms with Crippen LogP contribution in [0.5, 0.6) is 0 Å². The lowest BCUT2D eigenvalue weighted by Crippen LogP contribution is -1.92. The fraction of sp³-hybridized carbons (Fsp3) is 0. The highest BCUT2D eigenvalue weighted by Crippen LogP contribution is 2.49. The summed E-state index contributed by atoms with van der Waals surface area (Å²) in [6.07, 6.45) is 1.44. The molecular weight excluding hydrogens is 488 g/mol. The molecule has 0 bridgehead atoms. The van der Waals surface area contributed by atoms with Crippen LogP contribution in [0.1, 0.15) is 20.6 Å². The highest BCUT2D eigenvalue weighted by atomic mass is 16.4. The van der Waals surface area contributed by atoms with Gasteiger partial charge in [0.15, 0.2) is 11.2 Å². The quantitative estimate of drug-likeness (QED) is 0.210. The van der Waals surface area contributed by atoms with Crippen molar-refractivity contribution in [3.8, 4) is 22.3 Å². The Labute approximate surface area is 250 Å². The molecule has 2 heterocycles. The van der Waals surface area contributed by atoms with Crippen LogP contribution in [0.3, 0.4) is 0 Å². The van der Waals surface area contributed by atoms with Crippen molar-refractivity contribution in [2.75, 3.05) is 0 Å². The first kappa shape index (κ1) is 11.8. The van der Waals surface area contributed by atoms with Gasteiger partial charge >= 0.3 is 0 Å². The first-order valence-electron chi connectivity index (χ1n) is 19.9. The summed E-state index contributed by atoms with van der Waals surface area (Å²) in [4.78, 5) is 0. The molecule has 0 amide bonds. The van der Waals surface area contributed by atoms with Gasteiger partial charge in [0.05, 0.1) is 26.8 Å². The first-order chi connectivity index (χ1) is 26.1. The molecule has 9 rings (SSSR count). The Balaban J connectivity index is 1.69. The van der Waals surface area contributed by atoms with E-state index in [1.54, 1.807) is 36.4 Å². The third kappa shape index (κ3) is 2.88. The van der Waals surface area contributed by atoms with Crippen LogP contribution in [0.25, 0.3) is 87.5 Å². The lowest BCUT2D eigenvalue weighted by Gasteiger charge is -2.19. The Morgan fingerprint density at radius 2 is 1.12 bits per heavy atom. The van der Waals surface area contributed by atoms with E-state index in [4.69, 9.17) is 22.5 Å². The minimum atomic E-state index is -0.767. The van der Waals surface area contributed by atoms with Gasteiger partial charge in [0, 0.05) is 16.2 Å². The maximum atomic E-state index is 9.41. The van der Waals surface area contributed by atoms with Crippen molar-refractivity contribution in [3.05, 3.63) is 133 Å². The second-order valence-corrected chi connectivity index (χ2v) is 9.32. The smallest absolute Gasteiger partial charge is 0.179 e. The number of furan rings is 2. The van der Waals surface area contributed by atoms with E-state index in [0.29, 0.717) is 27.3 Å². The van der Waals surface area contributed by atoms with Gasteiger partial charge in [-0.3, -0.25) is 0 Å². The Morgan fingerprint density at radius 3 is 1.88 bits per heavy atom. The summed E-state index contributed by atoms with van der Waals surface area (Å²) in [6.45, 7) is 0. The summed E-state index contributed by atoms with van der Waals surface area (Å²) in [6, 6.07) is -0.0637. The van der Waals surface area contributed by atoms with Crippen LogP contribution in [0.2, 0.25) is 0 Å². The lowest BCUT2D eigenvalue weighted by atomic mass is 9.83. The molecule has 9 aromatic rings. The molecule has 0 atom stereocenters. The SMILES string of the molecule is [2H]c1c([2H])c([2H])c2c(-c3c4c([2H])c([2H])c([2H])c([2H])c4c(-c4cc5ccoc5c5oc6ccccc6c45)c4c([2H])c([2H])c([2H])c([2H])c34)c([2H])c([2H])c([2H])c2c1[2H]. The van der Waals surface area contributed by atoms with Crippen molar-refractivity contribution in [3.63, 3.8) is 0 Å². The van der Waals surface area contributed by atoms with Crippen LogP contribution in [-0.2, 0) is 0 Å². The Hall–Kier alpha value is -5.34. The molecule has 2 aromatic heterocycles. The summed E-state index contributed by atoms with van der Waals surface area (Å²) in [5.74, 6) is 0. The number of hydrogen-bond donors (Lipinski definition) is 0. The molecule has 0 fully saturated rings. The van der Waals surface area contributed by atoms with Crippen LogP contribution in [-0.4, -0.2) is 0 Å². The average molecular weight is 526 g/mol. The van der Waals surface area contributed by atoms with Gasteiger partial charge in [0.1, 0.15) is 5.58 Å². The Bertz CT molecular complexity index is 3180. The van der Waals surface area contributed by atoms with Crippen molar-refractivity contribution < 1.29 is 29.4 Å². The van der Waals surface area contributed by atoms with E-state index in [1.807, 2.05) is 0 Å². The molecule has 0 saturated carbocycles. The number of fused-ring (bicyclic) bond motifs is 8. The molecule has 2 nitrogen and oxygen atoms in total. The lowest BCUT2D eigenvalue weighted by molar-refractivity contribution is 0.600. The minimum absolute atomic E-state index is 0.0200. The normalized spacial score (nSPS) is 17.2. The van der Waals surface area contributed by atoms with Crippen molar-refractivity contribution in [1.82, 2.24) is 0 Å². The van der Waals surface area contributed by atoms with E-state index in [-0.39, 0.29) is 43.8 Å². The van der Waals surface area contributed by atoms with E-state index in [1.165, 1.54) is 6.26 Å². The van der Waals surface area contributed by atoms with Gasteiger partial charge in [-0.1, -0.05) is 109 Å². The molecular formula is C38H22O2. The molecule has 0 saturated heterocycles. The first-order valence-corrected chi connectivity index (χ1v) is 12.4. The van der Waals surface area contributed by atoms with Crippen molar-refractivity contribution >= 4 is 65.2 Å². The monoisotopic (exact) mass is 525 g/mol. The standard InChI is InChI=1S/C38H22O2/c1-2-12-25-23(10-1)11-9-18-26(25)34-27-13-3-5-15-29(27)35(30-16-6-4-14-28(30)34)32-22-24-20-21-39-37(24)38-36(32)31-17-7-8-19-33(31)40-38/h1-22H/i1D,2D,3D,4D,5D,6D,9D,10D,11D,12D,13D,14D,15D,16D,18D. The Kier molecular flexibility index (Phi) is 2.39. The highest BCUT2D eigenvalue weighted by molar-refractivity contribution is 6.29. The summed E-state index contributed by atoms with van der Waals surface area (Å²) >= 11 is 0. The Morgan fingerprint density at radius 1 is 0.500 bits per heavy atom. The second kappa shape index (κ2) is 8.08. The topological polar surface area (TPSA) is 26.3 Å². The molecule has 186 valence electrons. The van der Waals surface area contributed by atoms with Gasteiger partial charge in [-0.05, 0) is 72.8 Å². The zero-order valence-electron chi connectivity index (χ0n) is 35.4. The van der Waals surface area contributed by atoms with Crippen LogP contribution < -0.4 is 0 Å². The predicted octanol–water partition coefficient (Wildman–Crippen LogP) is 11.1. The zero-order chi connectivity index (χ0) is 39.3. The van der Waals surface area contributed by atoms with Crippen molar-refractivity contribution in [2.24, 2.45) is 0 Å². The minimum Gasteiger partial charge on any atom is -0.460 e. The van der Waals surface area contributed by atoms with E-state index in [0.717, 1.165) is 0 Å². The zero-order valence-corrected chi connectivity index (χ0v) is 20.4. The second-order valence-electron chi connectivity index (χ2n) is 9.32. The number of benzene rings is 7. The highest BCUT2D eigenvalue weighted by Gasteiger charge is 2.23. The van der Waals surface area contributed by atoms with Crippen LogP contribution in [0.15, 0.2) is 142 Å². The number of rotatable bonds is 2.